The maximum Gasteiger partial charge on any atom is 0.258 e. The highest BCUT2D eigenvalue weighted by molar-refractivity contribution is 6.34. The number of amides is 1. The molecule has 0 spiro atoms. The Hall–Kier alpha value is -2.14. The van der Waals surface area contributed by atoms with Gasteiger partial charge in [-0.15, -0.1) is 0 Å². The van der Waals surface area contributed by atoms with Crippen molar-refractivity contribution < 1.29 is 14.3 Å². The van der Waals surface area contributed by atoms with Crippen LogP contribution in [-0.2, 0) is 0 Å². The first-order valence-electron chi connectivity index (χ1n) is 5.39. The number of hydrogen-bond acceptors (Lipinski definition) is 3. The minimum absolute atomic E-state index is 0.195. The highest BCUT2D eigenvalue weighted by Gasteiger charge is 2.12. The van der Waals surface area contributed by atoms with Gasteiger partial charge in [0.05, 0.1) is 10.6 Å². The summed E-state index contributed by atoms with van der Waals surface area (Å²) >= 11 is 5.93. The number of hydrogen-bond donors (Lipinski definition) is 2. The van der Waals surface area contributed by atoms with E-state index in [2.05, 4.69) is 10.3 Å². The fraction of sp³-hybridized carbons (Fsp3) is 0.0769. The first-order chi connectivity index (χ1) is 8.97. The molecule has 0 saturated heterocycles. The second-order valence-corrected chi connectivity index (χ2v) is 4.33. The van der Waals surface area contributed by atoms with E-state index in [1.165, 1.54) is 12.3 Å². The number of rotatable bonds is 2. The number of halogens is 2. The minimum Gasteiger partial charge on any atom is -0.505 e. The van der Waals surface area contributed by atoms with Gasteiger partial charge in [0.15, 0.2) is 11.6 Å². The number of carbonyl (C=O) groups excluding carboxylic acids is 1. The molecule has 2 rings (SSSR count). The summed E-state index contributed by atoms with van der Waals surface area (Å²) in [6.45, 7) is 1.75. The van der Waals surface area contributed by atoms with Gasteiger partial charge in [0.25, 0.3) is 5.91 Å². The Morgan fingerprint density at radius 3 is 2.79 bits per heavy atom. The summed E-state index contributed by atoms with van der Waals surface area (Å²) in [4.78, 5) is 15.9. The Morgan fingerprint density at radius 2 is 2.16 bits per heavy atom. The molecule has 0 aliphatic rings. The molecule has 1 aromatic carbocycles. The van der Waals surface area contributed by atoms with Crippen molar-refractivity contribution in [1.82, 2.24) is 4.98 Å². The summed E-state index contributed by atoms with van der Waals surface area (Å²) in [5.41, 5.74) is 1.11. The van der Waals surface area contributed by atoms with E-state index >= 15 is 0 Å². The number of aryl methyl sites for hydroxylation is 1. The molecule has 0 unspecified atom stereocenters. The molecular formula is C13H10ClFN2O2. The Morgan fingerprint density at radius 1 is 1.42 bits per heavy atom. The van der Waals surface area contributed by atoms with E-state index in [1.54, 1.807) is 13.0 Å². The van der Waals surface area contributed by atoms with Gasteiger partial charge in [0, 0.05) is 23.6 Å². The zero-order chi connectivity index (χ0) is 14.0. The third-order valence-corrected chi connectivity index (χ3v) is 2.75. The molecule has 0 atom stereocenters. The third kappa shape index (κ3) is 3.00. The number of anilines is 1. The van der Waals surface area contributed by atoms with Crippen LogP contribution >= 0.6 is 11.6 Å². The second kappa shape index (κ2) is 5.24. The van der Waals surface area contributed by atoms with Crippen molar-refractivity contribution in [1.29, 1.82) is 0 Å². The lowest BCUT2D eigenvalue weighted by Crippen LogP contribution is -2.13. The smallest absolute Gasteiger partial charge is 0.258 e. The molecule has 2 N–H and O–H groups in total. The fourth-order valence-corrected chi connectivity index (χ4v) is 1.77. The SMILES string of the molecule is Cc1cc(Cl)c(C(=O)Nc2ccc(O)c(F)c2)cn1. The van der Waals surface area contributed by atoms with Gasteiger partial charge in [-0.05, 0) is 25.1 Å². The monoisotopic (exact) mass is 280 g/mol. The molecule has 0 saturated carbocycles. The van der Waals surface area contributed by atoms with Crippen LogP contribution in [0.3, 0.4) is 0 Å². The summed E-state index contributed by atoms with van der Waals surface area (Å²) in [5, 5.41) is 11.8. The normalized spacial score (nSPS) is 10.3. The van der Waals surface area contributed by atoms with Crippen LogP contribution in [0.4, 0.5) is 10.1 Å². The number of aromatic hydroxyl groups is 1. The topological polar surface area (TPSA) is 62.2 Å². The number of nitrogens with one attached hydrogen (secondary N) is 1. The molecule has 19 heavy (non-hydrogen) atoms. The minimum atomic E-state index is -0.814. The average Bonchev–Trinajstić information content (AvgIpc) is 2.33. The number of phenols is 1. The van der Waals surface area contributed by atoms with Crippen LogP contribution in [0.5, 0.6) is 5.75 Å². The summed E-state index contributed by atoms with van der Waals surface area (Å²) in [7, 11) is 0. The van der Waals surface area contributed by atoms with Crippen LogP contribution in [-0.4, -0.2) is 16.0 Å². The highest BCUT2D eigenvalue weighted by atomic mass is 35.5. The number of aromatic nitrogens is 1. The van der Waals surface area contributed by atoms with Crippen molar-refractivity contribution in [2.45, 2.75) is 6.92 Å². The molecule has 6 heteroatoms. The fourth-order valence-electron chi connectivity index (χ4n) is 1.48. The molecule has 2 aromatic rings. The van der Waals surface area contributed by atoms with Crippen LogP contribution in [0.25, 0.3) is 0 Å². The van der Waals surface area contributed by atoms with Crippen molar-refractivity contribution in [3.63, 3.8) is 0 Å². The summed E-state index contributed by atoms with van der Waals surface area (Å²) in [5.74, 6) is -1.79. The number of pyridine rings is 1. The predicted octanol–water partition coefficient (Wildman–Crippen LogP) is 3.14. The molecular weight excluding hydrogens is 271 g/mol. The van der Waals surface area contributed by atoms with E-state index in [-0.39, 0.29) is 16.3 Å². The lowest BCUT2D eigenvalue weighted by Gasteiger charge is -2.07. The zero-order valence-electron chi connectivity index (χ0n) is 9.95. The van der Waals surface area contributed by atoms with Gasteiger partial charge in [-0.3, -0.25) is 9.78 Å². The Bertz CT molecular complexity index is 647. The van der Waals surface area contributed by atoms with Gasteiger partial charge in [-0.1, -0.05) is 11.6 Å². The third-order valence-electron chi connectivity index (χ3n) is 2.44. The van der Waals surface area contributed by atoms with E-state index in [9.17, 15) is 9.18 Å². The molecule has 1 heterocycles. The van der Waals surface area contributed by atoms with Gasteiger partial charge in [-0.25, -0.2) is 4.39 Å². The zero-order valence-corrected chi connectivity index (χ0v) is 10.7. The Kier molecular flexibility index (Phi) is 3.66. The Balaban J connectivity index is 2.23. The lowest BCUT2D eigenvalue weighted by atomic mass is 10.2. The van der Waals surface area contributed by atoms with Gasteiger partial charge in [-0.2, -0.15) is 0 Å². The molecule has 0 aliphatic carbocycles. The quantitative estimate of drug-likeness (QED) is 0.831. The maximum absolute atomic E-state index is 13.1. The number of carbonyl (C=O) groups is 1. The molecule has 0 aliphatic heterocycles. The number of benzene rings is 1. The van der Waals surface area contributed by atoms with Crippen molar-refractivity contribution in [2.75, 3.05) is 5.32 Å². The molecule has 98 valence electrons. The molecule has 0 fully saturated rings. The first-order valence-corrected chi connectivity index (χ1v) is 5.77. The van der Waals surface area contributed by atoms with E-state index in [0.717, 1.165) is 12.1 Å². The van der Waals surface area contributed by atoms with Gasteiger partial charge < -0.3 is 10.4 Å². The van der Waals surface area contributed by atoms with E-state index in [0.29, 0.717) is 5.69 Å². The van der Waals surface area contributed by atoms with Crippen LogP contribution in [0.2, 0.25) is 5.02 Å². The predicted molar refractivity (Wildman–Crippen MR) is 70.0 cm³/mol. The van der Waals surface area contributed by atoms with Crippen LogP contribution < -0.4 is 5.32 Å². The van der Waals surface area contributed by atoms with Gasteiger partial charge in [0.2, 0.25) is 0 Å². The first kappa shape index (κ1) is 13.3. The molecule has 0 radical (unpaired) electrons. The summed E-state index contributed by atoms with van der Waals surface area (Å²) in [6, 6.07) is 5.11. The van der Waals surface area contributed by atoms with Gasteiger partial charge >= 0.3 is 0 Å². The highest BCUT2D eigenvalue weighted by Crippen LogP contribution is 2.21. The van der Waals surface area contributed by atoms with E-state index in [1.807, 2.05) is 0 Å². The average molecular weight is 281 g/mol. The molecule has 0 bridgehead atoms. The molecule has 1 aromatic heterocycles. The largest absolute Gasteiger partial charge is 0.505 e. The van der Waals surface area contributed by atoms with Crippen LogP contribution in [0.15, 0.2) is 30.5 Å². The molecule has 1 amide bonds. The van der Waals surface area contributed by atoms with Crippen LogP contribution in [0, 0.1) is 12.7 Å². The lowest BCUT2D eigenvalue weighted by molar-refractivity contribution is 0.102. The van der Waals surface area contributed by atoms with E-state index < -0.39 is 17.5 Å². The van der Waals surface area contributed by atoms with E-state index in [4.69, 9.17) is 16.7 Å². The number of phenolic OH excluding ortho intramolecular Hbond substituents is 1. The maximum atomic E-state index is 13.1. The number of nitrogens with zero attached hydrogens (tertiary/aromatic N) is 1. The van der Waals surface area contributed by atoms with Crippen molar-refractivity contribution >= 4 is 23.2 Å². The van der Waals surface area contributed by atoms with Crippen molar-refractivity contribution in [3.05, 3.63) is 52.6 Å². The molecule has 4 nitrogen and oxygen atoms in total. The standard InChI is InChI=1S/C13H10ClFN2O2/c1-7-4-10(14)9(6-16-7)13(19)17-8-2-3-12(18)11(15)5-8/h2-6,18H,1H3,(H,17,19). The van der Waals surface area contributed by atoms with Gasteiger partial charge in [0.1, 0.15) is 0 Å². The second-order valence-electron chi connectivity index (χ2n) is 3.93. The summed E-state index contributed by atoms with van der Waals surface area (Å²) in [6.07, 6.45) is 1.35. The van der Waals surface area contributed by atoms with Crippen molar-refractivity contribution in [2.24, 2.45) is 0 Å². The summed E-state index contributed by atoms with van der Waals surface area (Å²) < 4.78 is 13.1. The Labute approximate surface area is 113 Å². The van der Waals surface area contributed by atoms with Crippen LogP contribution in [0.1, 0.15) is 16.1 Å². The van der Waals surface area contributed by atoms with Crippen molar-refractivity contribution in [3.8, 4) is 5.75 Å².